The number of hydrogen-bond donors (Lipinski definition) is 1. The van der Waals surface area contributed by atoms with Crippen molar-refractivity contribution in [2.24, 2.45) is 0 Å². The molecule has 5 heteroatoms. The van der Waals surface area contributed by atoms with Crippen LogP contribution in [-0.4, -0.2) is 47.0 Å². The molecule has 3 heterocycles. The number of nitrogens with one attached hydrogen (secondary N) is 1. The molecule has 3 rings (SSSR count). The van der Waals surface area contributed by atoms with E-state index in [1.165, 1.54) is 0 Å². The Hall–Kier alpha value is -2.27. The van der Waals surface area contributed by atoms with Gasteiger partial charge in [-0.05, 0) is 24.3 Å². The van der Waals surface area contributed by atoms with Crippen molar-refractivity contribution in [1.29, 1.82) is 0 Å². The van der Waals surface area contributed by atoms with E-state index in [2.05, 4.69) is 15.3 Å². The number of hydrogen-bond acceptors (Lipinski definition) is 4. The first kappa shape index (κ1) is 12.7. The monoisotopic (exact) mass is 268 g/mol. The Morgan fingerprint density at radius 1 is 1.05 bits per heavy atom. The number of aromatic nitrogens is 2. The van der Waals surface area contributed by atoms with Crippen LogP contribution in [0.5, 0.6) is 0 Å². The van der Waals surface area contributed by atoms with Crippen molar-refractivity contribution >= 4 is 5.91 Å². The van der Waals surface area contributed by atoms with Gasteiger partial charge >= 0.3 is 0 Å². The molecule has 1 aliphatic rings. The predicted molar refractivity (Wildman–Crippen MR) is 76.2 cm³/mol. The Balaban J connectivity index is 1.85. The maximum atomic E-state index is 12.4. The number of amides is 1. The van der Waals surface area contributed by atoms with Gasteiger partial charge in [-0.1, -0.05) is 6.07 Å². The van der Waals surface area contributed by atoms with E-state index in [1.54, 1.807) is 18.5 Å². The van der Waals surface area contributed by atoms with Gasteiger partial charge in [-0.15, -0.1) is 0 Å². The highest BCUT2D eigenvalue weighted by Gasteiger charge is 2.18. The second kappa shape index (κ2) is 5.79. The third kappa shape index (κ3) is 2.67. The van der Waals surface area contributed by atoms with Crippen molar-refractivity contribution in [3.8, 4) is 11.4 Å². The van der Waals surface area contributed by atoms with Crippen molar-refractivity contribution in [2.45, 2.75) is 0 Å². The molecule has 1 amide bonds. The number of carbonyl (C=O) groups excluding carboxylic acids is 1. The van der Waals surface area contributed by atoms with Gasteiger partial charge in [0, 0.05) is 44.1 Å². The Morgan fingerprint density at radius 2 is 1.85 bits per heavy atom. The van der Waals surface area contributed by atoms with Gasteiger partial charge in [0.25, 0.3) is 5.91 Å². The zero-order valence-corrected chi connectivity index (χ0v) is 11.1. The molecule has 0 bridgehead atoms. The van der Waals surface area contributed by atoms with Crippen molar-refractivity contribution in [3.05, 3.63) is 48.3 Å². The van der Waals surface area contributed by atoms with Crippen LogP contribution in [0.15, 0.2) is 42.7 Å². The van der Waals surface area contributed by atoms with Gasteiger partial charge in [0.2, 0.25) is 0 Å². The topological polar surface area (TPSA) is 58.1 Å². The van der Waals surface area contributed by atoms with Crippen LogP contribution in [0.3, 0.4) is 0 Å². The number of rotatable bonds is 2. The number of carbonyl (C=O) groups is 1. The molecule has 0 aliphatic carbocycles. The van der Waals surface area contributed by atoms with Crippen LogP contribution in [-0.2, 0) is 0 Å². The van der Waals surface area contributed by atoms with Gasteiger partial charge in [-0.3, -0.25) is 14.8 Å². The number of pyridine rings is 2. The summed E-state index contributed by atoms with van der Waals surface area (Å²) in [5.41, 5.74) is 2.18. The van der Waals surface area contributed by atoms with Crippen LogP contribution in [0.4, 0.5) is 0 Å². The fourth-order valence-corrected chi connectivity index (χ4v) is 2.27. The Morgan fingerprint density at radius 3 is 2.60 bits per heavy atom. The summed E-state index contributed by atoms with van der Waals surface area (Å²) in [7, 11) is 0. The van der Waals surface area contributed by atoms with E-state index in [4.69, 9.17) is 0 Å². The first-order chi connectivity index (χ1) is 9.84. The summed E-state index contributed by atoms with van der Waals surface area (Å²) < 4.78 is 0. The fourth-order valence-electron chi connectivity index (χ4n) is 2.27. The minimum Gasteiger partial charge on any atom is -0.336 e. The van der Waals surface area contributed by atoms with Gasteiger partial charge in [-0.25, -0.2) is 0 Å². The van der Waals surface area contributed by atoms with Gasteiger partial charge in [0.05, 0.1) is 11.4 Å². The molecule has 5 nitrogen and oxygen atoms in total. The summed E-state index contributed by atoms with van der Waals surface area (Å²) >= 11 is 0. The van der Waals surface area contributed by atoms with Crippen LogP contribution in [0, 0.1) is 0 Å². The van der Waals surface area contributed by atoms with Crippen LogP contribution in [0.2, 0.25) is 0 Å². The Bertz CT molecular complexity index is 594. The molecule has 1 saturated heterocycles. The maximum absolute atomic E-state index is 12.4. The molecule has 2 aromatic rings. The molecule has 1 fully saturated rings. The largest absolute Gasteiger partial charge is 0.336 e. The average Bonchev–Trinajstić information content (AvgIpc) is 2.56. The van der Waals surface area contributed by atoms with E-state index in [0.717, 1.165) is 37.6 Å². The SMILES string of the molecule is O=C(c1ccnc(-c2ccccn2)c1)N1CCNCC1. The molecular weight excluding hydrogens is 252 g/mol. The standard InChI is InChI=1S/C15H16N4O/c20-15(19-9-7-16-8-10-19)12-4-6-18-14(11-12)13-3-1-2-5-17-13/h1-6,11,16H,7-10H2. The quantitative estimate of drug-likeness (QED) is 0.889. The molecular formula is C15H16N4O. The number of nitrogens with zero attached hydrogens (tertiary/aromatic N) is 3. The van der Waals surface area contributed by atoms with Gasteiger partial charge in [-0.2, -0.15) is 0 Å². The first-order valence-electron chi connectivity index (χ1n) is 6.72. The van der Waals surface area contributed by atoms with E-state index in [-0.39, 0.29) is 5.91 Å². The van der Waals surface area contributed by atoms with E-state index in [9.17, 15) is 4.79 Å². The highest BCUT2D eigenvalue weighted by molar-refractivity contribution is 5.95. The normalized spacial score (nSPS) is 15.1. The van der Waals surface area contributed by atoms with Crippen LogP contribution in [0.25, 0.3) is 11.4 Å². The predicted octanol–water partition coefficient (Wildman–Crippen LogP) is 1.19. The summed E-state index contributed by atoms with van der Waals surface area (Å²) in [6.07, 6.45) is 3.39. The van der Waals surface area contributed by atoms with Crippen molar-refractivity contribution in [1.82, 2.24) is 20.2 Å². The summed E-state index contributed by atoms with van der Waals surface area (Å²) in [5.74, 6) is 0.0612. The lowest BCUT2D eigenvalue weighted by Crippen LogP contribution is -2.46. The molecule has 0 saturated carbocycles. The summed E-state index contributed by atoms with van der Waals surface area (Å²) in [6, 6.07) is 9.24. The smallest absolute Gasteiger partial charge is 0.254 e. The third-order valence-electron chi connectivity index (χ3n) is 3.34. The van der Waals surface area contributed by atoms with E-state index in [0.29, 0.717) is 5.56 Å². The van der Waals surface area contributed by atoms with Crippen LogP contribution in [0.1, 0.15) is 10.4 Å². The second-order valence-electron chi connectivity index (χ2n) is 4.69. The van der Waals surface area contributed by atoms with Gasteiger partial charge < -0.3 is 10.2 Å². The van der Waals surface area contributed by atoms with Gasteiger partial charge in [0.15, 0.2) is 0 Å². The summed E-state index contributed by atoms with van der Waals surface area (Å²) in [5, 5.41) is 3.24. The molecule has 0 unspecified atom stereocenters. The lowest BCUT2D eigenvalue weighted by Gasteiger charge is -2.27. The zero-order valence-electron chi connectivity index (χ0n) is 11.1. The second-order valence-corrected chi connectivity index (χ2v) is 4.69. The maximum Gasteiger partial charge on any atom is 0.254 e. The van der Waals surface area contributed by atoms with Crippen molar-refractivity contribution in [2.75, 3.05) is 26.2 Å². The Labute approximate surface area is 117 Å². The molecule has 0 radical (unpaired) electrons. The highest BCUT2D eigenvalue weighted by Crippen LogP contribution is 2.16. The van der Waals surface area contributed by atoms with Crippen molar-refractivity contribution < 1.29 is 4.79 Å². The highest BCUT2D eigenvalue weighted by atomic mass is 16.2. The first-order valence-corrected chi connectivity index (χ1v) is 6.72. The Kier molecular flexibility index (Phi) is 3.69. The van der Waals surface area contributed by atoms with Crippen LogP contribution < -0.4 is 5.32 Å². The summed E-state index contributed by atoms with van der Waals surface area (Å²) in [4.78, 5) is 22.9. The minimum atomic E-state index is 0.0612. The van der Waals surface area contributed by atoms with Crippen LogP contribution >= 0.6 is 0 Å². The van der Waals surface area contributed by atoms with Gasteiger partial charge in [0.1, 0.15) is 0 Å². The molecule has 0 aromatic carbocycles. The fraction of sp³-hybridized carbons (Fsp3) is 0.267. The van der Waals surface area contributed by atoms with Crippen molar-refractivity contribution in [3.63, 3.8) is 0 Å². The molecule has 102 valence electrons. The molecule has 1 aliphatic heterocycles. The number of piperazine rings is 1. The van der Waals surface area contributed by atoms with E-state index < -0.39 is 0 Å². The van der Waals surface area contributed by atoms with E-state index >= 15 is 0 Å². The lowest BCUT2D eigenvalue weighted by molar-refractivity contribution is 0.0735. The summed E-state index contributed by atoms with van der Waals surface area (Å²) in [6.45, 7) is 3.20. The molecule has 2 aromatic heterocycles. The molecule has 1 N–H and O–H groups in total. The van der Waals surface area contributed by atoms with E-state index in [1.807, 2.05) is 29.2 Å². The third-order valence-corrected chi connectivity index (χ3v) is 3.34. The molecule has 0 atom stereocenters. The molecule has 20 heavy (non-hydrogen) atoms. The lowest BCUT2D eigenvalue weighted by atomic mass is 10.1. The average molecular weight is 268 g/mol. The minimum absolute atomic E-state index is 0.0612. The molecule has 0 spiro atoms. The zero-order chi connectivity index (χ0) is 13.8.